The molecule has 0 saturated heterocycles. The number of rotatable bonds is 5. The van der Waals surface area contributed by atoms with Gasteiger partial charge >= 0.3 is 0 Å². The maximum atomic E-state index is 13.0. The summed E-state index contributed by atoms with van der Waals surface area (Å²) in [7, 11) is 0. The van der Waals surface area contributed by atoms with Crippen molar-refractivity contribution in [1.29, 1.82) is 0 Å². The third-order valence-electron chi connectivity index (χ3n) is 4.95. The van der Waals surface area contributed by atoms with E-state index in [1.807, 2.05) is 61.5 Å². The monoisotopic (exact) mass is 385 g/mol. The molecule has 3 heterocycles. The zero-order chi connectivity index (χ0) is 20.4. The van der Waals surface area contributed by atoms with E-state index in [1.54, 1.807) is 17.1 Å². The van der Waals surface area contributed by atoms with E-state index in [2.05, 4.69) is 34.2 Å². The number of hydrogen-bond donors (Lipinski definition) is 1. The molecule has 0 saturated carbocycles. The fourth-order valence-electron chi connectivity index (χ4n) is 3.43. The lowest BCUT2D eigenvalue weighted by Gasteiger charge is -2.23. The smallest absolute Gasteiger partial charge is 0.253 e. The Morgan fingerprint density at radius 1 is 1.03 bits per heavy atom. The van der Waals surface area contributed by atoms with E-state index in [1.165, 1.54) is 0 Å². The van der Waals surface area contributed by atoms with Crippen molar-refractivity contribution < 1.29 is 4.79 Å². The van der Waals surface area contributed by atoms with E-state index in [9.17, 15) is 4.79 Å². The van der Waals surface area contributed by atoms with Crippen LogP contribution >= 0.6 is 0 Å². The Kier molecular flexibility index (Phi) is 5.08. The Labute approximate surface area is 169 Å². The first kappa shape index (κ1) is 18.8. The Morgan fingerprint density at radius 2 is 1.79 bits per heavy atom. The van der Waals surface area contributed by atoms with Crippen LogP contribution in [0, 0.1) is 12.8 Å². The number of fused-ring (bicyclic) bond motifs is 1. The number of carbonyl (C=O) groups excluding carboxylic acids is 1. The van der Waals surface area contributed by atoms with Crippen LogP contribution in [-0.4, -0.2) is 25.7 Å². The highest BCUT2D eigenvalue weighted by molar-refractivity contribution is 5.97. The van der Waals surface area contributed by atoms with Gasteiger partial charge in [-0.15, -0.1) is 0 Å². The molecular formula is C23H23N5O. The van der Waals surface area contributed by atoms with Gasteiger partial charge in [-0.05, 0) is 36.6 Å². The Bertz CT molecular complexity index is 1140. The molecule has 29 heavy (non-hydrogen) atoms. The first-order chi connectivity index (χ1) is 14.0. The van der Waals surface area contributed by atoms with Gasteiger partial charge in [0.2, 0.25) is 0 Å². The van der Waals surface area contributed by atoms with Crippen molar-refractivity contribution in [3.05, 3.63) is 83.8 Å². The second-order valence-electron chi connectivity index (χ2n) is 7.39. The molecule has 0 unspecified atom stereocenters. The second-order valence-corrected chi connectivity index (χ2v) is 7.39. The minimum Gasteiger partial charge on any atom is -0.345 e. The molecule has 0 aliphatic heterocycles. The number of hydrogen-bond acceptors (Lipinski definition) is 4. The average Bonchev–Trinajstić information content (AvgIpc) is 3.09. The summed E-state index contributed by atoms with van der Waals surface area (Å²) in [5.74, 6) is 0.804. The summed E-state index contributed by atoms with van der Waals surface area (Å²) in [6.07, 6.45) is 3.32. The Hall–Kier alpha value is -3.54. The molecule has 146 valence electrons. The zero-order valence-electron chi connectivity index (χ0n) is 16.7. The number of aryl methyl sites for hydroxylation is 1. The summed E-state index contributed by atoms with van der Waals surface area (Å²) in [5, 5.41) is 8.55. The van der Waals surface area contributed by atoms with Crippen LogP contribution in [0.25, 0.3) is 16.9 Å². The standard InChI is InChI=1S/C23H23N5O/c1-15(2)21(17-9-5-4-6-10-17)26-23(29)18-13-19-16(3)27-28(22(19)25-14-18)20-11-7-8-12-24-20/h4-15,21H,1-3H3,(H,26,29)/t21-/m1/s1. The summed E-state index contributed by atoms with van der Waals surface area (Å²) in [6, 6.07) is 17.4. The Morgan fingerprint density at radius 3 is 2.48 bits per heavy atom. The lowest BCUT2D eigenvalue weighted by Crippen LogP contribution is -2.31. The van der Waals surface area contributed by atoms with Gasteiger partial charge in [0, 0.05) is 17.8 Å². The third kappa shape index (κ3) is 3.74. The predicted molar refractivity (Wildman–Crippen MR) is 113 cm³/mol. The summed E-state index contributed by atoms with van der Waals surface area (Å²) in [6.45, 7) is 6.10. The largest absolute Gasteiger partial charge is 0.345 e. The highest BCUT2D eigenvalue weighted by atomic mass is 16.1. The lowest BCUT2D eigenvalue weighted by atomic mass is 9.96. The van der Waals surface area contributed by atoms with Gasteiger partial charge in [0.15, 0.2) is 11.5 Å². The van der Waals surface area contributed by atoms with Crippen LogP contribution in [0.5, 0.6) is 0 Å². The number of amides is 1. The summed E-state index contributed by atoms with van der Waals surface area (Å²) < 4.78 is 1.70. The number of nitrogens with one attached hydrogen (secondary N) is 1. The molecule has 1 N–H and O–H groups in total. The van der Waals surface area contributed by atoms with E-state index in [0.717, 1.165) is 16.6 Å². The highest BCUT2D eigenvalue weighted by Gasteiger charge is 2.20. The molecule has 0 aliphatic carbocycles. The number of carbonyl (C=O) groups is 1. The molecule has 0 bridgehead atoms. The molecule has 1 amide bonds. The maximum Gasteiger partial charge on any atom is 0.253 e. The van der Waals surface area contributed by atoms with Crippen LogP contribution in [0.2, 0.25) is 0 Å². The van der Waals surface area contributed by atoms with Crippen LogP contribution in [0.3, 0.4) is 0 Å². The zero-order valence-corrected chi connectivity index (χ0v) is 16.7. The van der Waals surface area contributed by atoms with E-state index in [4.69, 9.17) is 0 Å². The van der Waals surface area contributed by atoms with Gasteiger partial charge in [-0.3, -0.25) is 4.79 Å². The fourth-order valence-corrected chi connectivity index (χ4v) is 3.43. The summed E-state index contributed by atoms with van der Waals surface area (Å²) in [5.41, 5.74) is 3.09. The first-order valence-electron chi connectivity index (χ1n) is 9.67. The number of benzene rings is 1. The van der Waals surface area contributed by atoms with Crippen molar-refractivity contribution in [1.82, 2.24) is 25.1 Å². The molecule has 1 aromatic carbocycles. The van der Waals surface area contributed by atoms with Crippen molar-refractivity contribution in [2.45, 2.75) is 26.8 Å². The predicted octanol–water partition coefficient (Wildman–Crippen LogP) is 4.25. The van der Waals surface area contributed by atoms with Crippen LogP contribution < -0.4 is 5.32 Å². The molecule has 1 atom stereocenters. The lowest BCUT2D eigenvalue weighted by molar-refractivity contribution is 0.0925. The average molecular weight is 385 g/mol. The topological polar surface area (TPSA) is 72.7 Å². The summed E-state index contributed by atoms with van der Waals surface area (Å²) in [4.78, 5) is 21.8. The molecular weight excluding hydrogens is 362 g/mol. The van der Waals surface area contributed by atoms with Crippen molar-refractivity contribution in [3.8, 4) is 5.82 Å². The molecule has 6 nitrogen and oxygen atoms in total. The van der Waals surface area contributed by atoms with E-state index < -0.39 is 0 Å². The molecule has 6 heteroatoms. The number of aromatic nitrogens is 4. The first-order valence-corrected chi connectivity index (χ1v) is 9.67. The SMILES string of the molecule is Cc1nn(-c2ccccn2)c2ncc(C(=O)N[C@@H](c3ccccc3)C(C)C)cc12. The minimum atomic E-state index is -0.146. The van der Waals surface area contributed by atoms with Crippen LogP contribution in [0.4, 0.5) is 0 Å². The van der Waals surface area contributed by atoms with Crippen molar-refractivity contribution in [2.75, 3.05) is 0 Å². The van der Waals surface area contributed by atoms with Gasteiger partial charge in [-0.25, -0.2) is 9.97 Å². The normalized spacial score (nSPS) is 12.3. The molecule has 0 fully saturated rings. The highest BCUT2D eigenvalue weighted by Crippen LogP contribution is 2.23. The van der Waals surface area contributed by atoms with E-state index >= 15 is 0 Å². The van der Waals surface area contributed by atoms with Crippen molar-refractivity contribution >= 4 is 16.9 Å². The van der Waals surface area contributed by atoms with Gasteiger partial charge in [0.25, 0.3) is 5.91 Å². The molecule has 3 aromatic heterocycles. The van der Waals surface area contributed by atoms with Crippen LogP contribution in [-0.2, 0) is 0 Å². The van der Waals surface area contributed by atoms with Gasteiger partial charge < -0.3 is 5.32 Å². The Balaban J connectivity index is 1.66. The summed E-state index contributed by atoms with van der Waals surface area (Å²) >= 11 is 0. The van der Waals surface area contributed by atoms with E-state index in [0.29, 0.717) is 17.0 Å². The molecule has 4 aromatic rings. The quantitative estimate of drug-likeness (QED) is 0.557. The van der Waals surface area contributed by atoms with Crippen LogP contribution in [0.15, 0.2) is 67.0 Å². The molecule has 4 rings (SSSR count). The van der Waals surface area contributed by atoms with Crippen LogP contribution in [0.1, 0.15) is 41.5 Å². The van der Waals surface area contributed by atoms with Gasteiger partial charge in [-0.2, -0.15) is 9.78 Å². The van der Waals surface area contributed by atoms with Gasteiger partial charge in [-0.1, -0.05) is 50.2 Å². The van der Waals surface area contributed by atoms with Crippen molar-refractivity contribution in [2.24, 2.45) is 5.92 Å². The maximum absolute atomic E-state index is 13.0. The van der Waals surface area contributed by atoms with Crippen molar-refractivity contribution in [3.63, 3.8) is 0 Å². The van der Waals surface area contributed by atoms with Gasteiger partial charge in [0.05, 0.1) is 17.3 Å². The van der Waals surface area contributed by atoms with Gasteiger partial charge in [0.1, 0.15) is 0 Å². The second kappa shape index (κ2) is 7.83. The molecule has 0 radical (unpaired) electrons. The third-order valence-corrected chi connectivity index (χ3v) is 4.95. The fraction of sp³-hybridized carbons (Fsp3) is 0.217. The number of nitrogens with zero attached hydrogens (tertiary/aromatic N) is 4. The minimum absolute atomic E-state index is 0.0725. The number of pyridine rings is 2. The molecule has 0 spiro atoms. The molecule has 0 aliphatic rings. The van der Waals surface area contributed by atoms with E-state index in [-0.39, 0.29) is 17.9 Å².